The first kappa shape index (κ1) is 31.9. The Hall–Kier alpha value is 0.174. The molecule has 27 heavy (non-hydrogen) atoms. The molecule has 1 aromatic carbocycles. The Morgan fingerprint density at radius 1 is 0.778 bits per heavy atom. The van der Waals surface area contributed by atoms with Gasteiger partial charge >= 0.3 is 0 Å². The smallest absolute Gasteiger partial charge is 0.123 e. The molecule has 1 aromatic rings. The van der Waals surface area contributed by atoms with Crippen LogP contribution in [0.3, 0.4) is 0 Å². The van der Waals surface area contributed by atoms with E-state index in [1.54, 1.807) is 0 Å². The first-order chi connectivity index (χ1) is 10.7. The Labute approximate surface area is 203 Å². The van der Waals surface area contributed by atoms with E-state index in [1.807, 2.05) is 12.2 Å². The first-order valence-corrected chi connectivity index (χ1v) is 8.85. The van der Waals surface area contributed by atoms with Crippen molar-refractivity contribution in [3.05, 3.63) is 53.1 Å². The topological polar surface area (TPSA) is 20.2 Å². The van der Waals surface area contributed by atoms with Gasteiger partial charge in [0.05, 0.1) is 0 Å². The van der Waals surface area contributed by atoms with Crippen LogP contribution in [-0.2, 0) is 38.0 Å². The Bertz CT molecular complexity index is 582. The van der Waals surface area contributed by atoms with Crippen LogP contribution in [-0.4, -0.2) is 5.11 Å². The van der Waals surface area contributed by atoms with Gasteiger partial charge in [-0.25, -0.2) is 12.2 Å². The van der Waals surface area contributed by atoms with Crippen LogP contribution < -0.4 is 0 Å². The maximum Gasteiger partial charge on any atom is 0.123 e. The molecular formula is C23H37Br2OTi-. The Morgan fingerprint density at radius 2 is 1.19 bits per heavy atom. The van der Waals surface area contributed by atoms with Crippen LogP contribution in [0.5, 0.6) is 5.75 Å². The molecule has 0 saturated carbocycles. The van der Waals surface area contributed by atoms with Crippen molar-refractivity contribution in [1.29, 1.82) is 0 Å². The zero-order valence-corrected chi connectivity index (χ0v) is 23.3. The SMILES string of the molecule is Br.Br.CC(C)(C)c1cc(C(C)(C)C)c(O)c(C(C)(C)C)c1.[C-]1=CC=CC1.[Ti]. The normalized spacial score (nSPS) is 12.9. The summed E-state index contributed by atoms with van der Waals surface area (Å²) >= 11 is 0. The molecule has 0 radical (unpaired) electrons. The number of phenolic OH excluding ortho intramolecular Hbond substituents is 1. The van der Waals surface area contributed by atoms with Crippen molar-refractivity contribution < 1.29 is 26.8 Å². The molecule has 0 atom stereocenters. The molecular weight excluding hydrogens is 500 g/mol. The molecule has 1 nitrogen and oxygen atoms in total. The third-order valence-corrected chi connectivity index (χ3v) is 4.18. The molecule has 0 aromatic heterocycles. The molecule has 4 heteroatoms. The molecule has 0 heterocycles. The van der Waals surface area contributed by atoms with Crippen molar-refractivity contribution in [3.8, 4) is 5.75 Å². The molecule has 154 valence electrons. The first-order valence-electron chi connectivity index (χ1n) is 8.85. The summed E-state index contributed by atoms with van der Waals surface area (Å²) in [6.45, 7) is 19.6. The van der Waals surface area contributed by atoms with Gasteiger partial charge in [0.1, 0.15) is 5.75 Å². The van der Waals surface area contributed by atoms with Crippen molar-refractivity contribution in [3.63, 3.8) is 0 Å². The molecule has 0 saturated heterocycles. The quantitative estimate of drug-likeness (QED) is 0.265. The van der Waals surface area contributed by atoms with Crippen molar-refractivity contribution >= 4 is 34.0 Å². The van der Waals surface area contributed by atoms with Gasteiger partial charge in [-0.3, -0.25) is 6.08 Å². The summed E-state index contributed by atoms with van der Waals surface area (Å²) in [6, 6.07) is 4.34. The van der Waals surface area contributed by atoms with Crippen LogP contribution in [0.2, 0.25) is 0 Å². The zero-order valence-electron chi connectivity index (χ0n) is 18.4. The number of allylic oxidation sites excluding steroid dienone is 4. The minimum atomic E-state index is -0.0503. The summed E-state index contributed by atoms with van der Waals surface area (Å²) in [4.78, 5) is 0. The van der Waals surface area contributed by atoms with Crippen LogP contribution in [0.1, 0.15) is 85.4 Å². The van der Waals surface area contributed by atoms with Gasteiger partial charge in [-0.05, 0) is 32.9 Å². The Kier molecular flexibility index (Phi) is 14.2. The van der Waals surface area contributed by atoms with Crippen molar-refractivity contribution in [2.45, 2.75) is 85.0 Å². The second-order valence-electron chi connectivity index (χ2n) is 9.67. The predicted molar refractivity (Wildman–Crippen MR) is 126 cm³/mol. The van der Waals surface area contributed by atoms with Gasteiger partial charge in [0, 0.05) is 21.7 Å². The molecule has 0 aliphatic heterocycles. The predicted octanol–water partition coefficient (Wildman–Crippen LogP) is 7.74. The summed E-state index contributed by atoms with van der Waals surface area (Å²) in [5.74, 6) is 0.466. The molecule has 2 rings (SSSR count). The van der Waals surface area contributed by atoms with Crippen LogP contribution in [0.15, 0.2) is 30.4 Å². The third-order valence-electron chi connectivity index (χ3n) is 4.18. The summed E-state index contributed by atoms with van der Waals surface area (Å²) in [5, 5.41) is 10.7. The molecule has 0 fully saturated rings. The zero-order chi connectivity index (χ0) is 18.8. The second-order valence-corrected chi connectivity index (χ2v) is 9.67. The molecule has 0 spiro atoms. The summed E-state index contributed by atoms with van der Waals surface area (Å²) in [5.41, 5.74) is 3.37. The fourth-order valence-corrected chi connectivity index (χ4v) is 2.55. The largest absolute Gasteiger partial charge is 0.507 e. The van der Waals surface area contributed by atoms with E-state index in [-0.39, 0.29) is 71.9 Å². The van der Waals surface area contributed by atoms with Crippen molar-refractivity contribution in [2.24, 2.45) is 0 Å². The van der Waals surface area contributed by atoms with Crippen LogP contribution in [0.25, 0.3) is 0 Å². The monoisotopic (exact) mass is 535 g/mol. The van der Waals surface area contributed by atoms with Gasteiger partial charge in [0.25, 0.3) is 0 Å². The summed E-state index contributed by atoms with van der Waals surface area (Å²) in [6.07, 6.45) is 10.0. The number of aromatic hydroxyl groups is 1. The average Bonchev–Trinajstić information content (AvgIpc) is 2.93. The molecule has 0 amide bonds. The minimum Gasteiger partial charge on any atom is -0.507 e. The molecule has 1 aliphatic rings. The van der Waals surface area contributed by atoms with E-state index in [0.29, 0.717) is 5.75 Å². The van der Waals surface area contributed by atoms with Crippen molar-refractivity contribution in [1.82, 2.24) is 0 Å². The van der Waals surface area contributed by atoms with E-state index in [0.717, 1.165) is 17.5 Å². The fourth-order valence-electron chi connectivity index (χ4n) is 2.55. The van der Waals surface area contributed by atoms with Gasteiger partial charge in [0.15, 0.2) is 0 Å². The van der Waals surface area contributed by atoms with E-state index in [4.69, 9.17) is 0 Å². The standard InChI is InChI=1S/C18H30O.C5H5.2BrH.Ti/c1-16(2,3)12-10-13(17(4,5)6)15(19)14(11-12)18(7,8)9;1-2-4-5-3-1;;;/h10-11,19H,1-9H3;1-3H,4H2;2*1H;/q;-1;;;. The number of hydrogen-bond acceptors (Lipinski definition) is 1. The van der Waals surface area contributed by atoms with Crippen LogP contribution in [0.4, 0.5) is 0 Å². The number of rotatable bonds is 0. The van der Waals surface area contributed by atoms with Crippen LogP contribution >= 0.6 is 34.0 Å². The number of hydrogen-bond donors (Lipinski definition) is 1. The van der Waals surface area contributed by atoms with Gasteiger partial charge in [-0.2, -0.15) is 6.08 Å². The Balaban J connectivity index is -0.000000625. The summed E-state index contributed by atoms with van der Waals surface area (Å²) in [7, 11) is 0. The fraction of sp³-hybridized carbons (Fsp3) is 0.565. The summed E-state index contributed by atoms with van der Waals surface area (Å²) < 4.78 is 0. The molecule has 1 N–H and O–H groups in total. The minimum absolute atomic E-state index is 0. The molecule has 1 aliphatic carbocycles. The van der Waals surface area contributed by atoms with E-state index in [1.165, 1.54) is 5.56 Å². The number of benzene rings is 1. The third kappa shape index (κ3) is 9.97. The van der Waals surface area contributed by atoms with E-state index in [2.05, 4.69) is 86.6 Å². The van der Waals surface area contributed by atoms with Gasteiger partial charge < -0.3 is 5.11 Å². The van der Waals surface area contributed by atoms with Crippen molar-refractivity contribution in [2.75, 3.05) is 0 Å². The average molecular weight is 537 g/mol. The maximum atomic E-state index is 10.7. The molecule has 0 unspecified atom stereocenters. The Morgan fingerprint density at radius 3 is 1.37 bits per heavy atom. The van der Waals surface area contributed by atoms with Crippen LogP contribution in [0, 0.1) is 6.08 Å². The van der Waals surface area contributed by atoms with E-state index >= 15 is 0 Å². The number of phenols is 1. The van der Waals surface area contributed by atoms with E-state index < -0.39 is 0 Å². The van der Waals surface area contributed by atoms with Gasteiger partial charge in [0.2, 0.25) is 0 Å². The second kappa shape index (κ2) is 12.0. The number of halogens is 2. The maximum absolute atomic E-state index is 10.7. The van der Waals surface area contributed by atoms with Gasteiger partial charge in [-0.15, -0.1) is 40.4 Å². The van der Waals surface area contributed by atoms with Gasteiger partial charge in [-0.1, -0.05) is 74.4 Å². The van der Waals surface area contributed by atoms with E-state index in [9.17, 15) is 5.11 Å². The molecule has 0 bridgehead atoms.